The molecule has 0 spiro atoms. The van der Waals surface area contributed by atoms with Crippen molar-refractivity contribution < 1.29 is 32.6 Å². The third kappa shape index (κ3) is 4.03. The van der Waals surface area contributed by atoms with Gasteiger partial charge in [-0.05, 0) is 18.2 Å². The maximum Gasteiger partial charge on any atom is 0.282 e. The van der Waals surface area contributed by atoms with Crippen LogP contribution in [0.25, 0.3) is 5.57 Å². The number of nitrogens with one attached hydrogen (secondary N) is 1. The number of hydrogen-bond donors (Lipinski definition) is 1. The van der Waals surface area contributed by atoms with Crippen LogP contribution in [0.4, 0.5) is 20.2 Å². The monoisotopic (exact) mass is 466 g/mol. The molecule has 0 fully saturated rings. The predicted octanol–water partition coefficient (Wildman–Crippen LogP) is 4.39. The number of hydrogen-bond acceptors (Lipinski definition) is 6. The van der Waals surface area contributed by atoms with E-state index in [2.05, 4.69) is 5.32 Å². The second-order valence-electron chi connectivity index (χ2n) is 7.22. The van der Waals surface area contributed by atoms with Gasteiger partial charge in [-0.2, -0.15) is 0 Å². The molecule has 0 unspecified atom stereocenters. The van der Waals surface area contributed by atoms with E-state index in [4.69, 9.17) is 14.2 Å². The number of ether oxygens (including phenoxy) is 3. The third-order valence-electron chi connectivity index (χ3n) is 5.23. The SMILES string of the molecule is COc1cc(NC2=C(c3ccccc3OC)C(=O)N(c3cc(F)ccc3F)C2=O)cc(OC)c1. The second kappa shape index (κ2) is 9.22. The molecule has 34 heavy (non-hydrogen) atoms. The fourth-order valence-corrected chi connectivity index (χ4v) is 3.65. The smallest absolute Gasteiger partial charge is 0.282 e. The van der Waals surface area contributed by atoms with E-state index in [0.717, 1.165) is 18.2 Å². The van der Waals surface area contributed by atoms with Gasteiger partial charge in [-0.15, -0.1) is 0 Å². The Labute approximate surface area is 194 Å². The minimum atomic E-state index is -0.924. The molecule has 1 heterocycles. The molecule has 0 radical (unpaired) electrons. The molecule has 3 aromatic rings. The van der Waals surface area contributed by atoms with Gasteiger partial charge in [0.2, 0.25) is 0 Å². The normalized spacial score (nSPS) is 13.4. The number of carbonyl (C=O) groups is 2. The maximum absolute atomic E-state index is 14.6. The number of imide groups is 1. The first-order valence-electron chi connectivity index (χ1n) is 10.1. The van der Waals surface area contributed by atoms with Crippen LogP contribution in [0.15, 0.2) is 66.4 Å². The molecule has 7 nitrogen and oxygen atoms in total. The lowest BCUT2D eigenvalue weighted by Gasteiger charge is -2.16. The van der Waals surface area contributed by atoms with Crippen LogP contribution in [0.2, 0.25) is 0 Å². The zero-order valence-electron chi connectivity index (χ0n) is 18.5. The fraction of sp³-hybridized carbons (Fsp3) is 0.120. The standard InChI is InChI=1S/C25H20F2N2O5/c1-32-16-11-15(12-17(13-16)33-2)28-23-22(18-6-4-5-7-21(18)34-3)24(30)29(25(23)31)20-10-14(26)8-9-19(20)27/h4-13,28H,1-3H3. The summed E-state index contributed by atoms with van der Waals surface area (Å²) in [5, 5.41) is 2.94. The molecular formula is C25H20F2N2O5. The molecule has 0 atom stereocenters. The van der Waals surface area contributed by atoms with E-state index in [-0.39, 0.29) is 11.3 Å². The van der Waals surface area contributed by atoms with E-state index >= 15 is 0 Å². The summed E-state index contributed by atoms with van der Waals surface area (Å²) in [6.07, 6.45) is 0. The van der Waals surface area contributed by atoms with Crippen LogP contribution in [0.3, 0.4) is 0 Å². The molecule has 9 heteroatoms. The van der Waals surface area contributed by atoms with Gasteiger partial charge in [-0.1, -0.05) is 18.2 Å². The van der Waals surface area contributed by atoms with Gasteiger partial charge in [0.15, 0.2) is 0 Å². The number of anilines is 2. The molecule has 0 aliphatic carbocycles. The highest BCUT2D eigenvalue weighted by Crippen LogP contribution is 2.39. The molecule has 4 rings (SSSR count). The highest BCUT2D eigenvalue weighted by molar-refractivity contribution is 6.46. The molecule has 2 amide bonds. The first-order valence-corrected chi connectivity index (χ1v) is 10.1. The summed E-state index contributed by atoms with van der Waals surface area (Å²) in [7, 11) is 4.36. The van der Waals surface area contributed by atoms with Crippen molar-refractivity contribution in [3.05, 3.63) is 83.6 Å². The number of carbonyl (C=O) groups excluding carboxylic acids is 2. The summed E-state index contributed by atoms with van der Waals surface area (Å²) in [5.41, 5.74) is -0.0230. The number of amides is 2. The lowest BCUT2D eigenvalue weighted by atomic mass is 10.0. The Morgan fingerprint density at radius 2 is 1.47 bits per heavy atom. The van der Waals surface area contributed by atoms with Crippen LogP contribution in [0.5, 0.6) is 17.2 Å². The van der Waals surface area contributed by atoms with Crippen LogP contribution in [-0.4, -0.2) is 33.1 Å². The topological polar surface area (TPSA) is 77.1 Å². The predicted molar refractivity (Wildman–Crippen MR) is 122 cm³/mol. The van der Waals surface area contributed by atoms with E-state index in [1.165, 1.54) is 21.3 Å². The Balaban J connectivity index is 1.90. The van der Waals surface area contributed by atoms with E-state index in [1.54, 1.807) is 42.5 Å². The zero-order chi connectivity index (χ0) is 24.4. The highest BCUT2D eigenvalue weighted by Gasteiger charge is 2.42. The highest BCUT2D eigenvalue weighted by atomic mass is 19.1. The number of halogens is 2. The Bertz CT molecular complexity index is 1300. The molecule has 0 bridgehead atoms. The van der Waals surface area contributed by atoms with Crippen molar-refractivity contribution in [3.63, 3.8) is 0 Å². The molecular weight excluding hydrogens is 446 g/mol. The fourth-order valence-electron chi connectivity index (χ4n) is 3.65. The van der Waals surface area contributed by atoms with Crippen molar-refractivity contribution in [3.8, 4) is 17.2 Å². The quantitative estimate of drug-likeness (QED) is 0.521. The summed E-state index contributed by atoms with van der Waals surface area (Å²) in [6, 6.07) is 14.0. The average molecular weight is 466 g/mol. The van der Waals surface area contributed by atoms with Crippen LogP contribution in [0.1, 0.15) is 5.56 Å². The van der Waals surface area contributed by atoms with Gasteiger partial charge in [-0.3, -0.25) is 9.59 Å². The average Bonchev–Trinajstić information content (AvgIpc) is 3.09. The Hall–Kier alpha value is -4.40. The molecule has 0 saturated heterocycles. The molecule has 1 aliphatic heterocycles. The van der Waals surface area contributed by atoms with Crippen LogP contribution >= 0.6 is 0 Å². The van der Waals surface area contributed by atoms with E-state index in [1.807, 2.05) is 0 Å². The van der Waals surface area contributed by atoms with Gasteiger partial charge in [0.1, 0.15) is 34.6 Å². The number of nitrogens with zero attached hydrogens (tertiary/aromatic N) is 1. The van der Waals surface area contributed by atoms with Gasteiger partial charge in [0, 0.05) is 35.5 Å². The summed E-state index contributed by atoms with van der Waals surface area (Å²) in [6.45, 7) is 0. The van der Waals surface area contributed by atoms with Gasteiger partial charge >= 0.3 is 0 Å². The molecule has 0 saturated carbocycles. The number of benzene rings is 3. The molecule has 174 valence electrons. The summed E-state index contributed by atoms with van der Waals surface area (Å²) in [4.78, 5) is 27.6. The van der Waals surface area contributed by atoms with Crippen molar-refractivity contribution >= 4 is 28.8 Å². The Morgan fingerprint density at radius 1 is 0.794 bits per heavy atom. The third-order valence-corrected chi connectivity index (χ3v) is 5.23. The molecule has 0 aromatic heterocycles. The van der Waals surface area contributed by atoms with Crippen molar-refractivity contribution in [2.45, 2.75) is 0 Å². The van der Waals surface area contributed by atoms with Gasteiger partial charge in [0.05, 0.1) is 32.6 Å². The number of methoxy groups -OCH3 is 3. The van der Waals surface area contributed by atoms with Gasteiger partial charge < -0.3 is 19.5 Å². The van der Waals surface area contributed by atoms with Crippen LogP contribution < -0.4 is 24.4 Å². The maximum atomic E-state index is 14.6. The largest absolute Gasteiger partial charge is 0.497 e. The van der Waals surface area contributed by atoms with Crippen LogP contribution in [0, 0.1) is 11.6 Å². The summed E-state index contributed by atoms with van der Waals surface area (Å²) >= 11 is 0. The minimum absolute atomic E-state index is 0.0621. The summed E-state index contributed by atoms with van der Waals surface area (Å²) < 4.78 is 44.4. The molecule has 1 N–H and O–H groups in total. The van der Waals surface area contributed by atoms with Crippen molar-refractivity contribution in [2.24, 2.45) is 0 Å². The lowest BCUT2D eigenvalue weighted by Crippen LogP contribution is -2.33. The van der Waals surface area contributed by atoms with E-state index in [0.29, 0.717) is 33.4 Å². The second-order valence-corrected chi connectivity index (χ2v) is 7.22. The van der Waals surface area contributed by atoms with Crippen molar-refractivity contribution in [1.29, 1.82) is 0 Å². The lowest BCUT2D eigenvalue weighted by molar-refractivity contribution is -0.120. The van der Waals surface area contributed by atoms with E-state index < -0.39 is 29.1 Å². The first kappa shape index (κ1) is 22.8. The zero-order valence-corrected chi connectivity index (χ0v) is 18.5. The van der Waals surface area contributed by atoms with Gasteiger partial charge in [-0.25, -0.2) is 13.7 Å². The van der Waals surface area contributed by atoms with Crippen molar-refractivity contribution in [2.75, 3.05) is 31.5 Å². The molecule has 1 aliphatic rings. The van der Waals surface area contributed by atoms with Crippen LogP contribution in [-0.2, 0) is 9.59 Å². The Morgan fingerprint density at radius 3 is 2.12 bits per heavy atom. The number of para-hydroxylation sites is 1. The molecule has 3 aromatic carbocycles. The number of rotatable bonds is 7. The van der Waals surface area contributed by atoms with E-state index in [9.17, 15) is 18.4 Å². The van der Waals surface area contributed by atoms with Crippen molar-refractivity contribution in [1.82, 2.24) is 0 Å². The Kier molecular flexibility index (Phi) is 6.18. The minimum Gasteiger partial charge on any atom is -0.497 e. The first-order chi connectivity index (χ1) is 16.4. The van der Waals surface area contributed by atoms with Gasteiger partial charge in [0.25, 0.3) is 11.8 Å². The summed E-state index contributed by atoms with van der Waals surface area (Å²) in [5.74, 6) is -2.23.